The summed E-state index contributed by atoms with van der Waals surface area (Å²) in [6.45, 7) is 0.862. The van der Waals surface area contributed by atoms with Crippen molar-refractivity contribution in [2.24, 2.45) is 7.05 Å². The first-order valence-electron chi connectivity index (χ1n) is 10.6. The number of aryl methyl sites for hydroxylation is 3. The lowest BCUT2D eigenvalue weighted by molar-refractivity contribution is -0.0498. The number of hydrogen-bond acceptors (Lipinski definition) is 6. The molecular weight excluding hydrogens is 456 g/mol. The molecule has 0 unspecified atom stereocenters. The predicted octanol–water partition coefficient (Wildman–Crippen LogP) is 5.48. The van der Waals surface area contributed by atoms with Crippen LogP contribution in [0.5, 0.6) is 5.75 Å². The monoisotopic (exact) mass is 479 g/mol. The number of benzene rings is 2. The summed E-state index contributed by atoms with van der Waals surface area (Å²) in [6.07, 6.45) is 3.24. The molecule has 4 aromatic rings. The molecule has 0 bridgehead atoms. The third-order valence-electron chi connectivity index (χ3n) is 5.05. The van der Waals surface area contributed by atoms with Gasteiger partial charge in [0.25, 0.3) is 0 Å². The molecule has 0 aliphatic rings. The van der Waals surface area contributed by atoms with Gasteiger partial charge in [0.05, 0.1) is 5.69 Å². The van der Waals surface area contributed by atoms with E-state index in [1.807, 2.05) is 26.0 Å². The van der Waals surface area contributed by atoms with Crippen LogP contribution in [0.3, 0.4) is 0 Å². The lowest BCUT2D eigenvalue weighted by Gasteiger charge is -2.12. The number of halogens is 2. The smallest absolute Gasteiger partial charge is 0.387 e. The lowest BCUT2D eigenvalue weighted by atomic mass is 10.1. The minimum absolute atomic E-state index is 0.0795. The Kier molecular flexibility index (Phi) is 6.86. The highest BCUT2D eigenvalue weighted by Gasteiger charge is 2.10. The molecule has 3 N–H and O–H groups in total. The first kappa shape index (κ1) is 23.6. The van der Waals surface area contributed by atoms with E-state index < -0.39 is 6.61 Å². The van der Waals surface area contributed by atoms with E-state index in [1.54, 1.807) is 48.4 Å². The number of nitrogens with zero attached hydrogens (tertiary/aromatic N) is 4. The molecule has 0 saturated carbocycles. The molecule has 2 heterocycles. The molecule has 0 fully saturated rings. The number of ether oxygens (including phenoxy) is 1. The van der Waals surface area contributed by atoms with E-state index in [1.165, 1.54) is 12.1 Å². The van der Waals surface area contributed by atoms with Crippen LogP contribution in [0.1, 0.15) is 11.3 Å². The summed E-state index contributed by atoms with van der Waals surface area (Å²) >= 11 is 0. The van der Waals surface area contributed by atoms with Crippen LogP contribution in [0.4, 0.5) is 36.7 Å². The number of rotatable bonds is 7. The molecule has 0 radical (unpaired) electrons. The van der Waals surface area contributed by atoms with Gasteiger partial charge in [-0.25, -0.2) is 14.8 Å². The van der Waals surface area contributed by atoms with Crippen molar-refractivity contribution in [3.63, 3.8) is 0 Å². The second kappa shape index (κ2) is 10.2. The van der Waals surface area contributed by atoms with Gasteiger partial charge in [0.2, 0.25) is 5.95 Å². The Labute approximate surface area is 200 Å². The molecule has 2 amide bonds. The molecule has 35 heavy (non-hydrogen) atoms. The van der Waals surface area contributed by atoms with Crippen molar-refractivity contribution < 1.29 is 18.3 Å². The molecule has 4 rings (SSSR count). The Hall–Kier alpha value is -4.54. The van der Waals surface area contributed by atoms with Crippen LogP contribution < -0.4 is 20.7 Å². The number of nitrogens with one attached hydrogen (secondary N) is 3. The standard InChI is InChI=1S/C24H23F2N7O2/c1-14-4-7-18(11-20(14)30-24(34)31-21-10-15(2)32-33(21)3)29-23-27-12-17(13-28-23)16-5-8-19(9-6-16)35-22(25)26/h4-13,22H,1-3H3,(H,27,28,29)(H2,30,31,34). The number of urea groups is 1. The normalized spacial score (nSPS) is 10.8. The fourth-order valence-corrected chi connectivity index (χ4v) is 3.33. The van der Waals surface area contributed by atoms with E-state index in [4.69, 9.17) is 0 Å². The molecular formula is C24H23F2N7O2. The van der Waals surface area contributed by atoms with Gasteiger partial charge in [0.1, 0.15) is 11.6 Å². The molecule has 2 aromatic carbocycles. The summed E-state index contributed by atoms with van der Waals surface area (Å²) in [5, 5.41) is 12.9. The number of carbonyl (C=O) groups is 1. The first-order valence-corrected chi connectivity index (χ1v) is 10.6. The SMILES string of the molecule is Cc1cc(NC(=O)Nc2cc(Nc3ncc(-c4ccc(OC(F)F)cc4)cn3)ccc2C)n(C)n1. The maximum Gasteiger partial charge on any atom is 0.387 e. The van der Waals surface area contributed by atoms with Gasteiger partial charge < -0.3 is 15.4 Å². The van der Waals surface area contributed by atoms with Gasteiger partial charge in [-0.2, -0.15) is 13.9 Å². The van der Waals surface area contributed by atoms with Gasteiger partial charge in [-0.15, -0.1) is 0 Å². The fraction of sp³-hybridized carbons (Fsp3) is 0.167. The van der Waals surface area contributed by atoms with Crippen molar-refractivity contribution in [3.8, 4) is 16.9 Å². The molecule has 9 nitrogen and oxygen atoms in total. The lowest BCUT2D eigenvalue weighted by Crippen LogP contribution is -2.21. The molecule has 0 spiro atoms. The second-order valence-corrected chi connectivity index (χ2v) is 7.73. The first-order chi connectivity index (χ1) is 16.8. The molecule has 0 saturated heterocycles. The van der Waals surface area contributed by atoms with E-state index in [-0.39, 0.29) is 11.8 Å². The van der Waals surface area contributed by atoms with Crippen molar-refractivity contribution in [3.05, 3.63) is 72.2 Å². The van der Waals surface area contributed by atoms with E-state index in [9.17, 15) is 13.6 Å². The number of hydrogen-bond donors (Lipinski definition) is 3. The van der Waals surface area contributed by atoms with Crippen LogP contribution in [0, 0.1) is 13.8 Å². The van der Waals surface area contributed by atoms with Crippen LogP contribution in [0.25, 0.3) is 11.1 Å². The highest BCUT2D eigenvalue weighted by Crippen LogP contribution is 2.25. The van der Waals surface area contributed by atoms with Crippen LogP contribution in [-0.4, -0.2) is 32.4 Å². The zero-order chi connectivity index (χ0) is 24.9. The summed E-state index contributed by atoms with van der Waals surface area (Å²) in [5.74, 6) is 1.02. The van der Waals surface area contributed by atoms with Crippen LogP contribution >= 0.6 is 0 Å². The van der Waals surface area contributed by atoms with Crippen LogP contribution in [0.2, 0.25) is 0 Å². The van der Waals surface area contributed by atoms with Crippen molar-refractivity contribution in [1.82, 2.24) is 19.7 Å². The zero-order valence-electron chi connectivity index (χ0n) is 19.2. The van der Waals surface area contributed by atoms with E-state index in [0.29, 0.717) is 28.7 Å². The highest BCUT2D eigenvalue weighted by atomic mass is 19.3. The van der Waals surface area contributed by atoms with Gasteiger partial charge in [0.15, 0.2) is 0 Å². The molecule has 0 aliphatic heterocycles. The Morgan fingerprint density at radius 3 is 2.31 bits per heavy atom. The molecule has 0 aliphatic carbocycles. The van der Waals surface area contributed by atoms with Gasteiger partial charge in [-0.1, -0.05) is 18.2 Å². The topological polar surface area (TPSA) is 106 Å². The summed E-state index contributed by atoms with van der Waals surface area (Å²) < 4.78 is 30.6. The van der Waals surface area contributed by atoms with Gasteiger partial charge in [-0.05, 0) is 49.2 Å². The maximum atomic E-state index is 12.5. The zero-order valence-corrected chi connectivity index (χ0v) is 19.2. The van der Waals surface area contributed by atoms with Crippen molar-refractivity contribution in [2.75, 3.05) is 16.0 Å². The Bertz CT molecular complexity index is 1320. The van der Waals surface area contributed by atoms with Gasteiger partial charge in [-0.3, -0.25) is 10.00 Å². The average Bonchev–Trinajstić information content (AvgIpc) is 3.13. The maximum absolute atomic E-state index is 12.5. The molecule has 180 valence electrons. The predicted molar refractivity (Wildman–Crippen MR) is 129 cm³/mol. The number of aromatic nitrogens is 4. The van der Waals surface area contributed by atoms with Gasteiger partial charge in [0, 0.05) is 42.4 Å². The minimum atomic E-state index is -2.87. The number of carbonyl (C=O) groups excluding carboxylic acids is 1. The van der Waals surface area contributed by atoms with Crippen LogP contribution in [-0.2, 0) is 7.05 Å². The molecule has 0 atom stereocenters. The highest BCUT2D eigenvalue weighted by molar-refractivity contribution is 6.00. The average molecular weight is 479 g/mol. The van der Waals surface area contributed by atoms with Crippen molar-refractivity contribution in [2.45, 2.75) is 20.5 Å². The van der Waals surface area contributed by atoms with E-state index in [2.05, 4.69) is 35.8 Å². The third kappa shape index (κ3) is 6.08. The Morgan fingerprint density at radius 1 is 0.971 bits per heavy atom. The second-order valence-electron chi connectivity index (χ2n) is 7.73. The van der Waals surface area contributed by atoms with Crippen LogP contribution in [0.15, 0.2) is 60.9 Å². The van der Waals surface area contributed by atoms with Crippen molar-refractivity contribution in [1.29, 1.82) is 0 Å². The molecule has 2 aromatic heterocycles. The number of anilines is 4. The number of alkyl halides is 2. The van der Waals surface area contributed by atoms with E-state index in [0.717, 1.165) is 16.8 Å². The Balaban J connectivity index is 1.41. The molecule has 11 heteroatoms. The van der Waals surface area contributed by atoms with E-state index >= 15 is 0 Å². The summed E-state index contributed by atoms with van der Waals surface area (Å²) in [7, 11) is 1.75. The summed E-state index contributed by atoms with van der Waals surface area (Å²) in [5.41, 5.74) is 4.45. The minimum Gasteiger partial charge on any atom is -0.435 e. The fourth-order valence-electron chi connectivity index (χ4n) is 3.33. The largest absolute Gasteiger partial charge is 0.435 e. The van der Waals surface area contributed by atoms with Crippen molar-refractivity contribution >= 4 is 29.2 Å². The quantitative estimate of drug-likeness (QED) is 0.324. The summed E-state index contributed by atoms with van der Waals surface area (Å²) in [6, 6.07) is 13.1. The Morgan fingerprint density at radius 2 is 1.69 bits per heavy atom. The van der Waals surface area contributed by atoms with Gasteiger partial charge >= 0.3 is 12.6 Å². The third-order valence-corrected chi connectivity index (χ3v) is 5.05. The number of amides is 2. The summed E-state index contributed by atoms with van der Waals surface area (Å²) in [4.78, 5) is 21.1.